The van der Waals surface area contributed by atoms with Crippen molar-refractivity contribution in [3.8, 4) is 11.5 Å². The number of alkyl carbamates (subject to hydrolysis) is 1. The van der Waals surface area contributed by atoms with Crippen molar-refractivity contribution in [2.75, 3.05) is 12.1 Å². The smallest absolute Gasteiger partial charge is 0.456 e. The number of benzene rings is 2. The van der Waals surface area contributed by atoms with E-state index < -0.39 is 65.3 Å². The molecule has 2 aromatic carbocycles. The standard InChI is InChI=1S/C25H27ClF4N2O7/c1-13(2)20(32-23(35)39-24(3,4)5)22(34)37-12-36-19-11-18(27)17(26)10-16(19)21(33)31-14-6-8-15(9-7-14)38-25(28,29)30/h6-11,13,20H,12H2,1-5H3,(H,31,33)(H,32,35)/t20-/m0/s1. The second-order valence-electron chi connectivity index (χ2n) is 9.38. The van der Waals surface area contributed by atoms with Crippen molar-refractivity contribution in [1.29, 1.82) is 0 Å². The van der Waals surface area contributed by atoms with Gasteiger partial charge in [-0.2, -0.15) is 0 Å². The van der Waals surface area contributed by atoms with Gasteiger partial charge in [0.2, 0.25) is 6.79 Å². The first-order valence-corrected chi connectivity index (χ1v) is 11.8. The van der Waals surface area contributed by atoms with E-state index in [2.05, 4.69) is 15.4 Å². The van der Waals surface area contributed by atoms with Crippen LogP contribution >= 0.6 is 11.6 Å². The van der Waals surface area contributed by atoms with Crippen LogP contribution in [0.3, 0.4) is 0 Å². The highest BCUT2D eigenvalue weighted by Gasteiger charge is 2.31. The van der Waals surface area contributed by atoms with E-state index in [4.69, 9.17) is 25.8 Å². The number of hydrogen-bond donors (Lipinski definition) is 2. The van der Waals surface area contributed by atoms with E-state index in [0.717, 1.165) is 36.4 Å². The van der Waals surface area contributed by atoms with E-state index in [9.17, 15) is 31.9 Å². The molecule has 0 fully saturated rings. The van der Waals surface area contributed by atoms with Crippen molar-refractivity contribution >= 4 is 35.3 Å². The van der Waals surface area contributed by atoms with Crippen LogP contribution in [-0.4, -0.2) is 42.8 Å². The lowest BCUT2D eigenvalue weighted by atomic mass is 10.1. The number of hydrogen-bond acceptors (Lipinski definition) is 7. The molecule has 0 heterocycles. The highest BCUT2D eigenvalue weighted by Crippen LogP contribution is 2.28. The van der Waals surface area contributed by atoms with Gasteiger partial charge in [-0.05, 0) is 57.0 Å². The van der Waals surface area contributed by atoms with Crippen LogP contribution in [0, 0.1) is 11.7 Å². The molecule has 14 heteroatoms. The molecule has 0 bridgehead atoms. The second kappa shape index (κ2) is 12.9. The van der Waals surface area contributed by atoms with E-state index in [1.807, 2.05) is 0 Å². The fourth-order valence-corrected chi connectivity index (χ4v) is 3.10. The first-order valence-electron chi connectivity index (χ1n) is 11.4. The molecular formula is C25H27ClF4N2O7. The minimum Gasteiger partial charge on any atom is -0.456 e. The monoisotopic (exact) mass is 578 g/mol. The number of carbonyl (C=O) groups excluding carboxylic acids is 3. The van der Waals surface area contributed by atoms with Gasteiger partial charge < -0.3 is 29.6 Å². The number of ether oxygens (including phenoxy) is 4. The highest BCUT2D eigenvalue weighted by molar-refractivity contribution is 6.31. The molecule has 0 aliphatic rings. The summed E-state index contributed by atoms with van der Waals surface area (Å²) >= 11 is 5.80. The van der Waals surface area contributed by atoms with Crippen molar-refractivity contribution in [3.63, 3.8) is 0 Å². The Balaban J connectivity index is 2.09. The molecule has 214 valence electrons. The molecule has 39 heavy (non-hydrogen) atoms. The first kappa shape index (κ1) is 31.5. The number of esters is 1. The number of rotatable bonds is 9. The number of alkyl halides is 3. The molecule has 2 N–H and O–H groups in total. The molecule has 0 aliphatic heterocycles. The van der Waals surface area contributed by atoms with Gasteiger partial charge in [-0.1, -0.05) is 25.4 Å². The van der Waals surface area contributed by atoms with Gasteiger partial charge >= 0.3 is 18.4 Å². The largest absolute Gasteiger partial charge is 0.573 e. The molecule has 0 radical (unpaired) electrons. The lowest BCUT2D eigenvalue weighted by Gasteiger charge is -2.24. The maximum atomic E-state index is 14.1. The lowest BCUT2D eigenvalue weighted by molar-refractivity contribution is -0.274. The lowest BCUT2D eigenvalue weighted by Crippen LogP contribution is -2.47. The van der Waals surface area contributed by atoms with Gasteiger partial charge in [0.15, 0.2) is 0 Å². The Morgan fingerprint density at radius 1 is 1.03 bits per heavy atom. The number of carbonyl (C=O) groups is 3. The van der Waals surface area contributed by atoms with Crippen LogP contribution in [0.15, 0.2) is 36.4 Å². The van der Waals surface area contributed by atoms with Gasteiger partial charge in [-0.25, -0.2) is 14.0 Å². The fourth-order valence-electron chi connectivity index (χ4n) is 2.94. The zero-order chi connectivity index (χ0) is 29.5. The molecule has 9 nitrogen and oxygen atoms in total. The topological polar surface area (TPSA) is 112 Å². The molecule has 2 aromatic rings. The minimum absolute atomic E-state index is 0.0837. The third-order valence-corrected chi connectivity index (χ3v) is 4.91. The summed E-state index contributed by atoms with van der Waals surface area (Å²) in [6.45, 7) is 7.51. The maximum absolute atomic E-state index is 14.1. The highest BCUT2D eigenvalue weighted by atomic mass is 35.5. The van der Waals surface area contributed by atoms with Gasteiger partial charge in [0.05, 0.1) is 10.6 Å². The van der Waals surface area contributed by atoms with E-state index in [-0.39, 0.29) is 17.0 Å². The van der Waals surface area contributed by atoms with Gasteiger partial charge in [-0.15, -0.1) is 13.2 Å². The summed E-state index contributed by atoms with van der Waals surface area (Å²) in [5.74, 6) is -3.91. The van der Waals surface area contributed by atoms with E-state index in [1.54, 1.807) is 34.6 Å². The first-order chi connectivity index (χ1) is 17.9. The van der Waals surface area contributed by atoms with E-state index in [0.29, 0.717) is 0 Å². The summed E-state index contributed by atoms with van der Waals surface area (Å²) in [4.78, 5) is 37.4. The van der Waals surface area contributed by atoms with E-state index in [1.165, 1.54) is 0 Å². The molecule has 2 rings (SSSR count). The Morgan fingerprint density at radius 3 is 2.18 bits per heavy atom. The van der Waals surface area contributed by atoms with Crippen LogP contribution in [0.1, 0.15) is 45.0 Å². The average Bonchev–Trinajstić information content (AvgIpc) is 2.78. The second-order valence-corrected chi connectivity index (χ2v) is 9.79. The van der Waals surface area contributed by atoms with Crippen molar-refractivity contribution in [2.45, 2.75) is 52.6 Å². The summed E-state index contributed by atoms with van der Waals surface area (Å²) in [7, 11) is 0. The molecule has 0 saturated heterocycles. The molecule has 0 aromatic heterocycles. The van der Waals surface area contributed by atoms with Gasteiger partial charge in [-0.3, -0.25) is 4.79 Å². The summed E-state index contributed by atoms with van der Waals surface area (Å²) in [6.07, 6.45) is -5.72. The summed E-state index contributed by atoms with van der Waals surface area (Å²) in [5, 5.41) is 4.39. The Morgan fingerprint density at radius 2 is 1.64 bits per heavy atom. The van der Waals surface area contributed by atoms with Crippen LogP contribution < -0.4 is 20.1 Å². The average molecular weight is 579 g/mol. The zero-order valence-electron chi connectivity index (χ0n) is 21.6. The normalized spacial score (nSPS) is 12.4. The van der Waals surface area contributed by atoms with Crippen LogP contribution in [0.25, 0.3) is 0 Å². The van der Waals surface area contributed by atoms with Gasteiger partial charge in [0, 0.05) is 11.8 Å². The Labute approximate surface area is 226 Å². The summed E-state index contributed by atoms with van der Waals surface area (Å²) < 4.78 is 70.4. The quantitative estimate of drug-likeness (QED) is 0.211. The van der Waals surface area contributed by atoms with E-state index >= 15 is 0 Å². The predicted molar refractivity (Wildman–Crippen MR) is 132 cm³/mol. The van der Waals surface area contributed by atoms with Gasteiger partial charge in [0.25, 0.3) is 5.91 Å². The molecule has 0 spiro atoms. The van der Waals surface area contributed by atoms with Crippen molar-refractivity contribution in [3.05, 3.63) is 52.8 Å². The zero-order valence-corrected chi connectivity index (χ0v) is 22.3. The summed E-state index contributed by atoms with van der Waals surface area (Å²) in [6, 6.07) is 4.92. The molecule has 0 aliphatic carbocycles. The number of amides is 2. The van der Waals surface area contributed by atoms with Crippen LogP contribution in [-0.2, 0) is 14.3 Å². The Bertz CT molecular complexity index is 1180. The molecule has 0 saturated carbocycles. The van der Waals surface area contributed by atoms with Crippen molar-refractivity contribution in [2.24, 2.45) is 5.92 Å². The molecular weight excluding hydrogens is 552 g/mol. The predicted octanol–water partition coefficient (Wildman–Crippen LogP) is 6.06. The van der Waals surface area contributed by atoms with Gasteiger partial charge in [0.1, 0.15) is 29.0 Å². The third-order valence-electron chi connectivity index (χ3n) is 4.62. The van der Waals surface area contributed by atoms with Crippen LogP contribution in [0.5, 0.6) is 11.5 Å². The fraction of sp³-hybridized carbons (Fsp3) is 0.400. The number of nitrogens with one attached hydrogen (secondary N) is 2. The minimum atomic E-state index is -4.88. The SMILES string of the molecule is CC(C)[C@H](NC(=O)OC(C)(C)C)C(=O)OCOc1cc(F)c(Cl)cc1C(=O)Nc1ccc(OC(F)(F)F)cc1. The van der Waals surface area contributed by atoms with Crippen molar-refractivity contribution < 1.29 is 50.9 Å². The Hall–Kier alpha value is -3.74. The molecule has 0 unspecified atom stereocenters. The third kappa shape index (κ3) is 10.5. The molecule has 1 atom stereocenters. The van der Waals surface area contributed by atoms with Crippen molar-refractivity contribution in [1.82, 2.24) is 5.32 Å². The van der Waals surface area contributed by atoms with Crippen LogP contribution in [0.4, 0.5) is 28.0 Å². The van der Waals surface area contributed by atoms with Crippen LogP contribution in [0.2, 0.25) is 5.02 Å². The Kier molecular flexibility index (Phi) is 10.4. The molecule has 2 amide bonds. The summed E-state index contributed by atoms with van der Waals surface area (Å²) in [5.41, 5.74) is -0.978. The maximum Gasteiger partial charge on any atom is 0.573 e. The number of anilines is 1. The number of halogens is 5.